The second kappa shape index (κ2) is 7.38. The van der Waals surface area contributed by atoms with E-state index in [1.807, 2.05) is 13.0 Å². The first-order valence-electron chi connectivity index (χ1n) is 8.44. The Hall–Kier alpha value is -2.82. The van der Waals surface area contributed by atoms with Crippen molar-refractivity contribution in [3.05, 3.63) is 74.8 Å². The summed E-state index contributed by atoms with van der Waals surface area (Å²) in [6.07, 6.45) is 1.98. The van der Waals surface area contributed by atoms with Crippen LogP contribution in [0.4, 0.5) is 5.69 Å². The maximum absolute atomic E-state index is 10.6. The molecule has 2 aromatic rings. The van der Waals surface area contributed by atoms with Crippen molar-refractivity contribution in [1.82, 2.24) is 0 Å². The highest BCUT2D eigenvalue weighted by molar-refractivity contribution is 6.01. The van der Waals surface area contributed by atoms with Crippen LogP contribution in [0, 0.1) is 10.1 Å². The Labute approximate surface area is 147 Å². The molecule has 0 unspecified atom stereocenters. The van der Waals surface area contributed by atoms with Gasteiger partial charge in [-0.2, -0.15) is 0 Å². The molecule has 128 valence electrons. The van der Waals surface area contributed by atoms with Crippen LogP contribution < -0.4 is 0 Å². The van der Waals surface area contributed by atoms with Crippen LogP contribution in [0.1, 0.15) is 36.1 Å². The molecule has 0 amide bonds. The summed E-state index contributed by atoms with van der Waals surface area (Å²) in [6.45, 7) is 5.72. The predicted molar refractivity (Wildman–Crippen MR) is 101 cm³/mol. The van der Waals surface area contributed by atoms with Gasteiger partial charge in [-0.25, -0.2) is 0 Å². The summed E-state index contributed by atoms with van der Waals surface area (Å²) in [5.74, 6) is 0. The lowest BCUT2D eigenvalue weighted by Crippen LogP contribution is -2.10. The zero-order chi connectivity index (χ0) is 17.8. The lowest BCUT2D eigenvalue weighted by molar-refractivity contribution is -0.384. The number of nitro benzene ring substituents is 1. The van der Waals surface area contributed by atoms with Crippen LogP contribution >= 0.6 is 0 Å². The fourth-order valence-corrected chi connectivity index (χ4v) is 3.18. The van der Waals surface area contributed by atoms with Gasteiger partial charge in [0.1, 0.15) is 0 Å². The zero-order valence-electron chi connectivity index (χ0n) is 14.5. The van der Waals surface area contributed by atoms with Crippen molar-refractivity contribution in [3.8, 4) is 0 Å². The molecule has 2 aliphatic heterocycles. The van der Waals surface area contributed by atoms with Crippen molar-refractivity contribution in [3.63, 3.8) is 0 Å². The Balaban J connectivity index is 0.000000150. The van der Waals surface area contributed by atoms with Crippen LogP contribution in [0.2, 0.25) is 0 Å². The van der Waals surface area contributed by atoms with Gasteiger partial charge < -0.3 is 0 Å². The van der Waals surface area contributed by atoms with Gasteiger partial charge in [0, 0.05) is 42.2 Å². The van der Waals surface area contributed by atoms with Crippen LogP contribution in [-0.2, 0) is 12.8 Å². The third kappa shape index (κ3) is 3.82. The van der Waals surface area contributed by atoms with Gasteiger partial charge in [0.25, 0.3) is 5.69 Å². The summed E-state index contributed by atoms with van der Waals surface area (Å²) in [6, 6.07) is 13.5. The smallest absolute Gasteiger partial charge is 0.270 e. The Bertz CT molecular complexity index is 869. The normalized spacial score (nSPS) is 15.0. The maximum atomic E-state index is 10.6. The number of benzene rings is 2. The number of fused-ring (bicyclic) bond motifs is 2. The van der Waals surface area contributed by atoms with Gasteiger partial charge in [0.05, 0.1) is 4.92 Å². The molecule has 0 saturated heterocycles. The van der Waals surface area contributed by atoms with E-state index < -0.39 is 0 Å². The van der Waals surface area contributed by atoms with Gasteiger partial charge in [0.15, 0.2) is 0 Å². The van der Waals surface area contributed by atoms with Gasteiger partial charge in [-0.15, -0.1) is 0 Å². The summed E-state index contributed by atoms with van der Waals surface area (Å²) < 4.78 is 0. The van der Waals surface area contributed by atoms with Crippen molar-refractivity contribution >= 4 is 17.1 Å². The van der Waals surface area contributed by atoms with Crippen molar-refractivity contribution in [2.45, 2.75) is 26.7 Å². The first-order valence-corrected chi connectivity index (χ1v) is 8.44. The number of hydrogen-bond donors (Lipinski definition) is 0. The van der Waals surface area contributed by atoms with Crippen LogP contribution in [0.15, 0.2) is 52.4 Å². The van der Waals surface area contributed by atoms with Gasteiger partial charge in [-0.1, -0.05) is 30.3 Å². The number of non-ortho nitro benzene ring substituents is 1. The number of aliphatic imine (C=N–C) groups is 2. The topological polar surface area (TPSA) is 67.9 Å². The molecule has 4 rings (SSSR count). The van der Waals surface area contributed by atoms with Crippen molar-refractivity contribution in [2.75, 3.05) is 13.1 Å². The highest BCUT2D eigenvalue weighted by Gasteiger charge is 2.15. The lowest BCUT2D eigenvalue weighted by Gasteiger charge is -2.13. The molecule has 0 aromatic heterocycles. The second-order valence-corrected chi connectivity index (χ2v) is 6.19. The third-order valence-electron chi connectivity index (χ3n) is 4.56. The number of nitro groups is 1. The number of hydrogen-bond acceptors (Lipinski definition) is 4. The van der Waals surface area contributed by atoms with E-state index in [4.69, 9.17) is 0 Å². The molecule has 25 heavy (non-hydrogen) atoms. The molecule has 2 heterocycles. The molecular formula is C20H21N3O2. The summed E-state index contributed by atoms with van der Waals surface area (Å²) in [7, 11) is 0. The Morgan fingerprint density at radius 2 is 1.48 bits per heavy atom. The average molecular weight is 335 g/mol. The molecular weight excluding hydrogens is 314 g/mol. The lowest BCUT2D eigenvalue weighted by atomic mass is 9.98. The monoisotopic (exact) mass is 335 g/mol. The molecule has 0 aliphatic carbocycles. The Morgan fingerprint density at radius 3 is 2.12 bits per heavy atom. The van der Waals surface area contributed by atoms with Crippen LogP contribution in [0.5, 0.6) is 0 Å². The minimum Gasteiger partial charge on any atom is -0.289 e. The van der Waals surface area contributed by atoms with Crippen molar-refractivity contribution in [2.24, 2.45) is 9.98 Å². The molecule has 2 aliphatic rings. The number of rotatable bonds is 1. The van der Waals surface area contributed by atoms with Gasteiger partial charge in [-0.3, -0.25) is 20.1 Å². The number of nitrogens with zero attached hydrogens (tertiary/aromatic N) is 3. The Morgan fingerprint density at radius 1 is 0.880 bits per heavy atom. The molecule has 0 bridgehead atoms. The van der Waals surface area contributed by atoms with Gasteiger partial charge in [-0.05, 0) is 43.4 Å². The second-order valence-electron chi connectivity index (χ2n) is 6.19. The standard InChI is InChI=1S/C10H10N2O2.C10H11N/c1-7-10-6-9(12(13)14)3-2-8(10)4-5-11-7;1-8-10-5-3-2-4-9(10)6-7-11-8/h2-3,6H,4-5H2,1H3;2-5H,6-7H2,1H3. The maximum Gasteiger partial charge on any atom is 0.270 e. The molecule has 0 radical (unpaired) electrons. The molecule has 0 spiro atoms. The fourth-order valence-electron chi connectivity index (χ4n) is 3.18. The fraction of sp³-hybridized carbons (Fsp3) is 0.300. The summed E-state index contributed by atoms with van der Waals surface area (Å²) in [5.41, 5.74) is 7.08. The highest BCUT2D eigenvalue weighted by atomic mass is 16.6. The quantitative estimate of drug-likeness (QED) is 0.583. The van der Waals surface area contributed by atoms with Gasteiger partial charge >= 0.3 is 0 Å². The van der Waals surface area contributed by atoms with E-state index >= 15 is 0 Å². The van der Waals surface area contributed by atoms with Gasteiger partial charge in [0.2, 0.25) is 0 Å². The SMILES string of the molecule is CC1=NCCc2ccc([N+](=O)[O-])cc21.CC1=NCCc2ccccc21. The van der Waals surface area contributed by atoms with E-state index in [-0.39, 0.29) is 10.6 Å². The first-order chi connectivity index (χ1) is 12.1. The third-order valence-corrected chi connectivity index (χ3v) is 4.56. The van der Waals surface area contributed by atoms with E-state index in [9.17, 15) is 10.1 Å². The average Bonchev–Trinajstić information content (AvgIpc) is 2.63. The van der Waals surface area contributed by atoms with Crippen LogP contribution in [0.3, 0.4) is 0 Å². The van der Waals surface area contributed by atoms with E-state index in [0.717, 1.165) is 42.8 Å². The van der Waals surface area contributed by atoms with Crippen LogP contribution in [-0.4, -0.2) is 29.4 Å². The minimum atomic E-state index is -0.373. The van der Waals surface area contributed by atoms with Crippen LogP contribution in [0.25, 0.3) is 0 Å². The van der Waals surface area contributed by atoms with E-state index in [1.54, 1.807) is 12.1 Å². The summed E-state index contributed by atoms with van der Waals surface area (Å²) in [4.78, 5) is 18.8. The molecule has 0 saturated carbocycles. The molecule has 0 N–H and O–H groups in total. The molecule has 0 atom stereocenters. The Kier molecular flexibility index (Phi) is 5.03. The largest absolute Gasteiger partial charge is 0.289 e. The van der Waals surface area contributed by atoms with Crippen molar-refractivity contribution in [1.29, 1.82) is 0 Å². The van der Waals surface area contributed by atoms with Crippen molar-refractivity contribution < 1.29 is 4.92 Å². The molecule has 2 aromatic carbocycles. The first kappa shape index (κ1) is 17.0. The van der Waals surface area contributed by atoms with E-state index in [0.29, 0.717) is 0 Å². The van der Waals surface area contributed by atoms with E-state index in [2.05, 4.69) is 41.2 Å². The van der Waals surface area contributed by atoms with E-state index in [1.165, 1.54) is 16.8 Å². The minimum absolute atomic E-state index is 0.139. The highest BCUT2D eigenvalue weighted by Crippen LogP contribution is 2.21. The summed E-state index contributed by atoms with van der Waals surface area (Å²) >= 11 is 0. The molecule has 5 nitrogen and oxygen atoms in total. The zero-order valence-corrected chi connectivity index (χ0v) is 14.5. The predicted octanol–water partition coefficient (Wildman–Crippen LogP) is 4.01. The molecule has 5 heteroatoms. The summed E-state index contributed by atoms with van der Waals surface area (Å²) in [5, 5.41) is 10.6. The molecule has 0 fully saturated rings.